The van der Waals surface area contributed by atoms with Crippen molar-refractivity contribution in [3.63, 3.8) is 0 Å². The zero-order valence-electron chi connectivity index (χ0n) is 44.5. The lowest BCUT2D eigenvalue weighted by molar-refractivity contribution is -0.147. The van der Waals surface area contributed by atoms with E-state index in [1.807, 2.05) is 79.7 Å². The van der Waals surface area contributed by atoms with Crippen molar-refractivity contribution >= 4 is 29.8 Å². The van der Waals surface area contributed by atoms with Gasteiger partial charge in [0, 0.05) is 57.2 Å². The van der Waals surface area contributed by atoms with Crippen LogP contribution in [0.1, 0.15) is 181 Å². The smallest absolute Gasteiger partial charge is 0.318 e. The monoisotopic (exact) mass is 976 g/mol. The minimum atomic E-state index is -0.728. The number of carbonyl (C=O) groups excluding carboxylic acids is 5. The maximum absolute atomic E-state index is 11.8. The molecule has 0 spiro atoms. The van der Waals surface area contributed by atoms with E-state index in [0.717, 1.165) is 50.0 Å². The van der Waals surface area contributed by atoms with Crippen molar-refractivity contribution in [1.82, 2.24) is 9.80 Å². The van der Waals surface area contributed by atoms with Crippen molar-refractivity contribution in [2.75, 3.05) is 39.5 Å². The molecule has 394 valence electrons. The number of nitrogens with two attached hydrogens (primary N) is 1. The molecule has 4 saturated heterocycles. The standard InChI is InChI=1S/C14H17NO.C14H19N.C9H12O5.C8H19NO2.C7H6O.3C2H6.H2/c16-13-9-12-7-4-8-15(12)14(10-13)11-5-2-1-3-6-11;1-2-6-12(7-3-1)14-10-4-8-13-9-5-11-15(13)14;1-3-13-8(11)5-7(10)6-9(12)14-4-2;1-3-10-8(11-4-2)6-5-7-9;8-6-7-4-2-1-3-5-7;3*1-2;/h1-3,5-6,12,14H,4,7-10H2;1-3,6-7,13-14H,4-5,8-11H2;3H,1,4-6H2,2H3;8H,3-7,9H2,1-2H3;1-6H;3*1-2H3;1H. The average molecular weight is 976 g/mol. The molecule has 0 saturated carbocycles. The quantitative estimate of drug-likeness (QED) is 0.0477. The van der Waals surface area contributed by atoms with Gasteiger partial charge in [-0.1, -0.05) is 139 Å². The van der Waals surface area contributed by atoms with Gasteiger partial charge in [-0.05, 0) is 109 Å². The maximum atomic E-state index is 11.8. The number of esters is 2. The molecule has 4 heterocycles. The molecular formula is C58H93N3O9. The van der Waals surface area contributed by atoms with Gasteiger partial charge in [-0.2, -0.15) is 0 Å². The zero-order chi connectivity index (χ0) is 52.4. The molecule has 0 amide bonds. The first-order valence-electron chi connectivity index (χ1n) is 26.2. The van der Waals surface area contributed by atoms with Crippen LogP contribution in [0, 0.1) is 0 Å². The Bertz CT molecular complexity index is 1780. The third-order valence-corrected chi connectivity index (χ3v) is 11.4. The lowest BCUT2D eigenvalue weighted by atomic mass is 9.91. The summed E-state index contributed by atoms with van der Waals surface area (Å²) >= 11 is 0. The third-order valence-electron chi connectivity index (χ3n) is 11.4. The van der Waals surface area contributed by atoms with Gasteiger partial charge < -0.3 is 24.7 Å². The molecule has 0 radical (unpaired) electrons. The normalized spacial score (nSPS) is 18.4. The molecule has 2 N–H and O–H groups in total. The molecule has 4 unspecified atom stereocenters. The van der Waals surface area contributed by atoms with Crippen LogP contribution in [0.15, 0.2) is 104 Å². The highest BCUT2D eigenvalue weighted by Crippen LogP contribution is 2.39. The molecule has 4 aliphatic rings. The SMILES string of the molecule is C=COC(=O)CC(=O)CC(=O)OCC.CC.CC.CC.CCOC(CCCN)OCC.O=C1CC2CCCN2C(c2ccccc2)C1.O=Cc1ccccc1.[HH].c1ccc(C2CCCC3CCCN32)cc1. The Balaban J connectivity index is 0. The van der Waals surface area contributed by atoms with E-state index in [4.69, 9.17) is 15.2 Å². The number of nitrogens with zero attached hydrogens (tertiary/aromatic N) is 2. The summed E-state index contributed by atoms with van der Waals surface area (Å²) in [7, 11) is 0. The minimum Gasteiger partial charge on any atom is -0.466 e. The molecule has 12 nitrogen and oxygen atoms in total. The molecule has 0 aliphatic carbocycles. The number of hydrogen-bond donors (Lipinski definition) is 1. The van der Waals surface area contributed by atoms with Gasteiger partial charge in [0.15, 0.2) is 12.1 Å². The van der Waals surface area contributed by atoms with Crippen LogP contribution in [0.25, 0.3) is 0 Å². The Morgan fingerprint density at radius 2 is 1.16 bits per heavy atom. The number of benzene rings is 3. The molecule has 7 rings (SSSR count). The summed E-state index contributed by atoms with van der Waals surface area (Å²) in [6.07, 6.45) is 13.7. The molecule has 4 atom stereocenters. The summed E-state index contributed by atoms with van der Waals surface area (Å²) in [6, 6.07) is 33.1. The number of carbonyl (C=O) groups is 5. The highest BCUT2D eigenvalue weighted by Gasteiger charge is 2.38. The molecule has 70 heavy (non-hydrogen) atoms. The fraction of sp³-hybridized carbons (Fsp3) is 0.569. The van der Waals surface area contributed by atoms with Crippen LogP contribution in [0.3, 0.4) is 0 Å². The Hall–Kier alpha value is -4.85. The lowest BCUT2D eigenvalue weighted by Gasteiger charge is -2.38. The predicted molar refractivity (Wildman–Crippen MR) is 286 cm³/mol. The fourth-order valence-electron chi connectivity index (χ4n) is 8.61. The molecule has 12 heteroatoms. The van der Waals surface area contributed by atoms with E-state index >= 15 is 0 Å². The summed E-state index contributed by atoms with van der Waals surface area (Å²) in [5.74, 6) is -1.45. The Labute approximate surface area is 424 Å². The van der Waals surface area contributed by atoms with E-state index in [-0.39, 0.29) is 14.3 Å². The molecule has 0 aromatic heterocycles. The van der Waals surface area contributed by atoms with E-state index in [1.54, 1.807) is 19.1 Å². The second-order valence-electron chi connectivity index (χ2n) is 16.0. The fourth-order valence-corrected chi connectivity index (χ4v) is 8.61. The zero-order valence-corrected chi connectivity index (χ0v) is 44.5. The van der Waals surface area contributed by atoms with Crippen LogP contribution in [0.4, 0.5) is 0 Å². The van der Waals surface area contributed by atoms with E-state index < -0.39 is 30.6 Å². The van der Waals surface area contributed by atoms with Crippen LogP contribution < -0.4 is 5.73 Å². The molecular weight excluding hydrogens is 883 g/mol. The first kappa shape index (κ1) is 65.1. The second kappa shape index (κ2) is 43.0. The van der Waals surface area contributed by atoms with E-state index in [2.05, 4.69) is 80.4 Å². The van der Waals surface area contributed by atoms with Crippen LogP contribution in [0.2, 0.25) is 0 Å². The number of rotatable bonds is 16. The van der Waals surface area contributed by atoms with Crippen molar-refractivity contribution in [3.8, 4) is 0 Å². The highest BCUT2D eigenvalue weighted by molar-refractivity contribution is 6.03. The summed E-state index contributed by atoms with van der Waals surface area (Å²) < 4.78 is 19.4. The van der Waals surface area contributed by atoms with Gasteiger partial charge in [0.1, 0.15) is 24.9 Å². The Morgan fingerprint density at radius 3 is 1.64 bits per heavy atom. The third kappa shape index (κ3) is 26.9. The summed E-state index contributed by atoms with van der Waals surface area (Å²) in [5.41, 5.74) is 8.93. The average Bonchev–Trinajstić information content (AvgIpc) is 4.10. The van der Waals surface area contributed by atoms with Gasteiger partial charge in [0.05, 0.1) is 12.9 Å². The summed E-state index contributed by atoms with van der Waals surface area (Å²) in [6.45, 7) is 25.5. The minimum absolute atomic E-state index is 0. The number of Topliss-reactive ketones (excluding diaryl/α,β-unsaturated/α-hetero) is 2. The number of piperidine rings is 2. The van der Waals surface area contributed by atoms with Crippen molar-refractivity contribution in [1.29, 1.82) is 0 Å². The highest BCUT2D eigenvalue weighted by atomic mass is 16.7. The van der Waals surface area contributed by atoms with Crippen LogP contribution in [0.5, 0.6) is 0 Å². The van der Waals surface area contributed by atoms with Gasteiger partial charge in [0.25, 0.3) is 0 Å². The van der Waals surface area contributed by atoms with E-state index in [0.29, 0.717) is 50.1 Å². The van der Waals surface area contributed by atoms with Gasteiger partial charge in [-0.25, -0.2) is 0 Å². The summed E-state index contributed by atoms with van der Waals surface area (Å²) in [4.78, 5) is 59.5. The molecule has 3 aromatic carbocycles. The van der Waals surface area contributed by atoms with Crippen LogP contribution in [-0.2, 0) is 38.1 Å². The maximum Gasteiger partial charge on any atom is 0.318 e. The van der Waals surface area contributed by atoms with Gasteiger partial charge >= 0.3 is 11.9 Å². The predicted octanol–water partition coefficient (Wildman–Crippen LogP) is 12.5. The molecule has 4 fully saturated rings. The molecule has 4 aliphatic heterocycles. The lowest BCUT2D eigenvalue weighted by Crippen LogP contribution is -2.40. The molecule has 0 bridgehead atoms. The first-order valence-corrected chi connectivity index (χ1v) is 26.2. The topological polar surface area (TPSA) is 155 Å². The number of ketones is 2. The van der Waals surface area contributed by atoms with E-state index in [9.17, 15) is 24.0 Å². The second-order valence-corrected chi connectivity index (χ2v) is 16.0. The largest absolute Gasteiger partial charge is 0.466 e. The number of hydrogen-bond acceptors (Lipinski definition) is 12. The van der Waals surface area contributed by atoms with Crippen LogP contribution in [-0.4, -0.2) is 97.4 Å². The van der Waals surface area contributed by atoms with Crippen molar-refractivity contribution < 1.29 is 44.3 Å². The van der Waals surface area contributed by atoms with Gasteiger partial charge in [-0.15, -0.1) is 0 Å². The van der Waals surface area contributed by atoms with Crippen molar-refractivity contribution in [2.24, 2.45) is 5.73 Å². The Kier molecular flexibility index (Phi) is 40.0. The van der Waals surface area contributed by atoms with Gasteiger partial charge in [-0.3, -0.25) is 33.8 Å². The Morgan fingerprint density at radius 1 is 0.671 bits per heavy atom. The van der Waals surface area contributed by atoms with Gasteiger partial charge in [0.2, 0.25) is 0 Å². The number of ether oxygens (including phenoxy) is 4. The van der Waals surface area contributed by atoms with Crippen molar-refractivity contribution in [3.05, 3.63) is 121 Å². The first-order chi connectivity index (χ1) is 34.2. The van der Waals surface area contributed by atoms with Crippen LogP contribution >= 0.6 is 0 Å². The summed E-state index contributed by atoms with van der Waals surface area (Å²) in [5, 5.41) is 0. The number of fused-ring (bicyclic) bond motifs is 2. The molecule has 3 aromatic rings. The number of aldehydes is 1. The van der Waals surface area contributed by atoms with E-state index in [1.165, 1.54) is 62.6 Å². The van der Waals surface area contributed by atoms with Crippen molar-refractivity contribution in [2.45, 2.75) is 176 Å².